The molecule has 3 aromatic rings. The lowest BCUT2D eigenvalue weighted by Gasteiger charge is -2.11. The number of ether oxygens (including phenoxy) is 1. The largest absolute Gasteiger partial charge is 0.462 e. The van der Waals surface area contributed by atoms with E-state index in [0.717, 1.165) is 5.56 Å². The fourth-order valence-corrected chi connectivity index (χ4v) is 4.64. The highest BCUT2D eigenvalue weighted by Crippen LogP contribution is 2.26. The Morgan fingerprint density at radius 2 is 1.93 bits per heavy atom. The van der Waals surface area contributed by atoms with Gasteiger partial charge in [-0.2, -0.15) is 0 Å². The third-order valence-corrected chi connectivity index (χ3v) is 6.20. The van der Waals surface area contributed by atoms with Crippen LogP contribution in [0.5, 0.6) is 0 Å². The van der Waals surface area contributed by atoms with Crippen molar-refractivity contribution in [2.24, 2.45) is 7.05 Å². The molecule has 10 heteroatoms. The second kappa shape index (κ2) is 8.11. The van der Waals surface area contributed by atoms with Gasteiger partial charge in [-0.3, -0.25) is 4.72 Å². The van der Waals surface area contributed by atoms with Crippen molar-refractivity contribution in [3.8, 4) is 11.4 Å². The summed E-state index contributed by atoms with van der Waals surface area (Å²) in [6.07, 6.45) is 1.59. The smallest absolute Gasteiger partial charge is 0.338 e. The highest BCUT2D eigenvalue weighted by molar-refractivity contribution is 9.10. The van der Waals surface area contributed by atoms with Gasteiger partial charge >= 0.3 is 5.97 Å². The molecule has 0 amide bonds. The van der Waals surface area contributed by atoms with E-state index in [9.17, 15) is 13.2 Å². The number of aromatic nitrogens is 3. The minimum absolute atomic E-state index is 0.0120. The van der Waals surface area contributed by atoms with Crippen molar-refractivity contribution in [2.45, 2.75) is 11.8 Å². The van der Waals surface area contributed by atoms with Crippen molar-refractivity contribution in [2.75, 3.05) is 11.3 Å². The van der Waals surface area contributed by atoms with E-state index in [1.165, 1.54) is 18.2 Å². The van der Waals surface area contributed by atoms with Crippen LogP contribution < -0.4 is 4.72 Å². The summed E-state index contributed by atoms with van der Waals surface area (Å²) in [5.74, 6) is 0.158. The summed E-state index contributed by atoms with van der Waals surface area (Å²) in [6, 6.07) is 11.0. The molecule has 8 nitrogen and oxygen atoms in total. The highest BCUT2D eigenvalue weighted by Gasteiger charge is 2.20. The number of nitrogens with zero attached hydrogens (tertiary/aromatic N) is 3. The number of hydrogen-bond acceptors (Lipinski definition) is 6. The van der Waals surface area contributed by atoms with Crippen molar-refractivity contribution < 1.29 is 17.9 Å². The Morgan fingerprint density at radius 1 is 1.21 bits per heavy atom. The van der Waals surface area contributed by atoms with E-state index in [4.69, 9.17) is 4.74 Å². The quantitative estimate of drug-likeness (QED) is 0.561. The first-order valence-electron chi connectivity index (χ1n) is 8.25. The number of esters is 1. The third kappa shape index (κ3) is 4.23. The van der Waals surface area contributed by atoms with Gasteiger partial charge in [-0.05, 0) is 65.3 Å². The molecule has 28 heavy (non-hydrogen) atoms. The molecule has 1 aromatic heterocycles. The number of aryl methyl sites for hydroxylation is 1. The van der Waals surface area contributed by atoms with Crippen LogP contribution in [0.3, 0.4) is 0 Å². The fourth-order valence-electron chi connectivity index (χ4n) is 2.50. The minimum Gasteiger partial charge on any atom is -0.462 e. The number of sulfonamides is 1. The van der Waals surface area contributed by atoms with E-state index in [-0.39, 0.29) is 21.5 Å². The lowest BCUT2D eigenvalue weighted by atomic mass is 10.2. The van der Waals surface area contributed by atoms with Gasteiger partial charge in [0.05, 0.1) is 12.2 Å². The molecule has 2 aromatic carbocycles. The molecule has 1 heterocycles. The van der Waals surface area contributed by atoms with E-state index in [1.54, 1.807) is 42.1 Å². The van der Waals surface area contributed by atoms with Crippen molar-refractivity contribution in [3.05, 3.63) is 58.8 Å². The number of anilines is 1. The fraction of sp³-hybridized carbons (Fsp3) is 0.167. The molecule has 0 unspecified atom stereocenters. The summed E-state index contributed by atoms with van der Waals surface area (Å²) < 4.78 is 34.9. The second-order valence-electron chi connectivity index (χ2n) is 5.81. The maximum atomic E-state index is 12.7. The molecule has 0 saturated heterocycles. The standard InChI is InChI=1S/C18H17BrN4O4S/c1-3-27-18(24)13-6-9-16(15(19)10-13)28(25,26)22-14-7-4-12(5-8-14)17-21-20-11-23(17)2/h4-11,22H,3H2,1-2H3. The van der Waals surface area contributed by atoms with Gasteiger partial charge in [-0.15, -0.1) is 10.2 Å². The van der Waals surface area contributed by atoms with Crippen LogP contribution in [0.2, 0.25) is 0 Å². The Labute approximate surface area is 170 Å². The monoisotopic (exact) mass is 464 g/mol. The maximum Gasteiger partial charge on any atom is 0.338 e. The van der Waals surface area contributed by atoms with E-state index in [1.807, 2.05) is 7.05 Å². The molecule has 1 N–H and O–H groups in total. The first-order chi connectivity index (χ1) is 13.3. The van der Waals surface area contributed by atoms with Gasteiger partial charge in [0.25, 0.3) is 10.0 Å². The molecule has 0 aliphatic heterocycles. The number of halogens is 1. The molecule has 0 aliphatic rings. The lowest BCUT2D eigenvalue weighted by Crippen LogP contribution is -2.14. The van der Waals surface area contributed by atoms with Crippen molar-refractivity contribution in [1.82, 2.24) is 14.8 Å². The van der Waals surface area contributed by atoms with Gasteiger partial charge in [-0.1, -0.05) is 0 Å². The van der Waals surface area contributed by atoms with E-state index < -0.39 is 16.0 Å². The van der Waals surface area contributed by atoms with Gasteiger partial charge < -0.3 is 9.30 Å². The number of hydrogen-bond donors (Lipinski definition) is 1. The maximum absolute atomic E-state index is 12.7. The number of rotatable bonds is 6. The number of carbonyl (C=O) groups excluding carboxylic acids is 1. The Kier molecular flexibility index (Phi) is 5.80. The molecule has 0 fully saturated rings. The van der Waals surface area contributed by atoms with Crippen LogP contribution in [0.15, 0.2) is 58.2 Å². The topological polar surface area (TPSA) is 103 Å². The molecule has 146 valence electrons. The predicted octanol–water partition coefficient (Wildman–Crippen LogP) is 3.22. The first kappa shape index (κ1) is 20.0. The van der Waals surface area contributed by atoms with Crippen molar-refractivity contribution >= 4 is 37.6 Å². The van der Waals surface area contributed by atoms with Crippen LogP contribution >= 0.6 is 15.9 Å². The molecular formula is C18H17BrN4O4S. The van der Waals surface area contributed by atoms with E-state index in [2.05, 4.69) is 30.8 Å². The van der Waals surface area contributed by atoms with Crippen LogP contribution in [0.4, 0.5) is 5.69 Å². The van der Waals surface area contributed by atoms with Crippen LogP contribution in [-0.2, 0) is 21.8 Å². The Balaban J connectivity index is 1.82. The SMILES string of the molecule is CCOC(=O)c1ccc(S(=O)(=O)Nc2ccc(-c3nncn3C)cc2)c(Br)c1. The zero-order valence-corrected chi connectivity index (χ0v) is 17.5. The van der Waals surface area contributed by atoms with Gasteiger partial charge in [0.1, 0.15) is 11.2 Å². The van der Waals surface area contributed by atoms with Crippen molar-refractivity contribution in [1.29, 1.82) is 0 Å². The molecule has 0 aliphatic carbocycles. The zero-order chi connectivity index (χ0) is 20.3. The summed E-state index contributed by atoms with van der Waals surface area (Å²) in [6.45, 7) is 1.94. The number of benzene rings is 2. The van der Waals surface area contributed by atoms with Crippen molar-refractivity contribution in [3.63, 3.8) is 0 Å². The Bertz CT molecular complexity index is 1110. The van der Waals surface area contributed by atoms with Crippen LogP contribution in [-0.4, -0.2) is 35.8 Å². The van der Waals surface area contributed by atoms with Crippen LogP contribution in [0, 0.1) is 0 Å². The summed E-state index contributed by atoms with van der Waals surface area (Å²) in [4.78, 5) is 11.8. The first-order valence-corrected chi connectivity index (χ1v) is 10.5. The lowest BCUT2D eigenvalue weighted by molar-refractivity contribution is 0.0526. The normalized spacial score (nSPS) is 11.2. The Morgan fingerprint density at radius 3 is 2.50 bits per heavy atom. The summed E-state index contributed by atoms with van der Waals surface area (Å²) in [5, 5.41) is 7.84. The summed E-state index contributed by atoms with van der Waals surface area (Å²) in [7, 11) is -2.03. The van der Waals surface area contributed by atoms with Crippen LogP contribution in [0.25, 0.3) is 11.4 Å². The average Bonchev–Trinajstić information content (AvgIpc) is 3.08. The molecule has 0 saturated carbocycles. The zero-order valence-electron chi connectivity index (χ0n) is 15.1. The van der Waals surface area contributed by atoms with Gasteiger partial charge in [0, 0.05) is 22.8 Å². The third-order valence-electron chi connectivity index (χ3n) is 3.84. The van der Waals surface area contributed by atoms with Gasteiger partial charge in [0.2, 0.25) is 0 Å². The highest BCUT2D eigenvalue weighted by atomic mass is 79.9. The summed E-state index contributed by atoms with van der Waals surface area (Å²) >= 11 is 3.22. The van der Waals surface area contributed by atoms with E-state index in [0.29, 0.717) is 11.5 Å². The van der Waals surface area contributed by atoms with Crippen LogP contribution in [0.1, 0.15) is 17.3 Å². The van der Waals surface area contributed by atoms with E-state index >= 15 is 0 Å². The second-order valence-corrected chi connectivity index (χ2v) is 8.32. The minimum atomic E-state index is -3.86. The molecule has 3 rings (SSSR count). The Hall–Kier alpha value is -2.72. The predicted molar refractivity (Wildman–Crippen MR) is 107 cm³/mol. The summed E-state index contributed by atoms with van der Waals surface area (Å²) in [5.41, 5.74) is 1.47. The molecule has 0 spiro atoms. The number of nitrogens with one attached hydrogen (secondary N) is 1. The van der Waals surface area contributed by atoms with Gasteiger partial charge in [0.15, 0.2) is 5.82 Å². The molecule has 0 radical (unpaired) electrons. The molecule has 0 atom stereocenters. The average molecular weight is 465 g/mol. The molecular weight excluding hydrogens is 448 g/mol. The van der Waals surface area contributed by atoms with Gasteiger partial charge in [-0.25, -0.2) is 13.2 Å². The molecule has 0 bridgehead atoms. The number of carbonyl (C=O) groups is 1.